The number of primary amides is 1. The average molecular weight is 332 g/mol. The molecule has 1 amide bonds. The van der Waals surface area contributed by atoms with E-state index in [1.165, 1.54) is 12.1 Å². The van der Waals surface area contributed by atoms with Crippen molar-refractivity contribution in [3.05, 3.63) is 47.5 Å². The number of nitrogens with two attached hydrogens (primary N) is 1. The summed E-state index contributed by atoms with van der Waals surface area (Å²) < 4.78 is 18.7. The number of hydrogen-bond acceptors (Lipinski definition) is 4. The number of aromatic nitrogens is 2. The lowest BCUT2D eigenvalue weighted by molar-refractivity contribution is 0.0995. The van der Waals surface area contributed by atoms with Gasteiger partial charge >= 0.3 is 0 Å². The summed E-state index contributed by atoms with van der Waals surface area (Å²) >= 11 is 0. The van der Waals surface area contributed by atoms with Gasteiger partial charge in [0.1, 0.15) is 23.9 Å². The van der Waals surface area contributed by atoms with Crippen molar-refractivity contribution in [1.29, 1.82) is 0 Å². The van der Waals surface area contributed by atoms with Crippen LogP contribution in [0.1, 0.15) is 34.9 Å². The van der Waals surface area contributed by atoms with Crippen LogP contribution in [0.5, 0.6) is 5.75 Å². The van der Waals surface area contributed by atoms with Crippen LogP contribution in [-0.2, 0) is 0 Å². The molecule has 1 saturated heterocycles. The largest absolute Gasteiger partial charge is 0.492 e. The molecular weight excluding hydrogens is 311 g/mol. The summed E-state index contributed by atoms with van der Waals surface area (Å²) in [5, 5.41) is 6.86. The Labute approximate surface area is 139 Å². The second kappa shape index (κ2) is 7.44. The van der Waals surface area contributed by atoms with Gasteiger partial charge in [-0.3, -0.25) is 14.8 Å². The number of hydrogen-bond donors (Lipinski definition) is 2. The van der Waals surface area contributed by atoms with Crippen LogP contribution < -0.4 is 10.5 Å². The zero-order valence-corrected chi connectivity index (χ0v) is 13.4. The van der Waals surface area contributed by atoms with Gasteiger partial charge in [0.25, 0.3) is 5.91 Å². The van der Waals surface area contributed by atoms with Crippen molar-refractivity contribution in [3.63, 3.8) is 0 Å². The Morgan fingerprint density at radius 1 is 1.46 bits per heavy atom. The maximum Gasteiger partial charge on any atom is 0.269 e. The lowest BCUT2D eigenvalue weighted by atomic mass is 9.94. The highest BCUT2D eigenvalue weighted by Crippen LogP contribution is 2.25. The number of carbonyl (C=O) groups is 1. The van der Waals surface area contributed by atoms with Crippen LogP contribution in [0.25, 0.3) is 0 Å². The minimum Gasteiger partial charge on any atom is -0.492 e. The molecule has 1 aromatic heterocycles. The third-order valence-electron chi connectivity index (χ3n) is 4.27. The van der Waals surface area contributed by atoms with Crippen LogP contribution in [0.15, 0.2) is 30.3 Å². The van der Waals surface area contributed by atoms with Gasteiger partial charge in [-0.05, 0) is 37.6 Å². The number of benzene rings is 1. The number of likely N-dealkylation sites (tertiary alicyclic amines) is 1. The predicted octanol–water partition coefficient (Wildman–Crippen LogP) is 1.91. The zero-order chi connectivity index (χ0) is 16.9. The van der Waals surface area contributed by atoms with E-state index < -0.39 is 5.91 Å². The number of aromatic amines is 1. The number of nitrogens with one attached hydrogen (secondary N) is 1. The summed E-state index contributed by atoms with van der Waals surface area (Å²) in [6.07, 6.45) is 2.11. The maximum atomic E-state index is 13.1. The average Bonchev–Trinajstić information content (AvgIpc) is 3.06. The summed E-state index contributed by atoms with van der Waals surface area (Å²) in [6.45, 7) is 3.14. The van der Waals surface area contributed by atoms with Crippen LogP contribution >= 0.6 is 0 Å². The van der Waals surface area contributed by atoms with Gasteiger partial charge in [-0.2, -0.15) is 5.10 Å². The molecule has 0 unspecified atom stereocenters. The lowest BCUT2D eigenvalue weighted by Crippen LogP contribution is -2.37. The number of nitrogens with zero attached hydrogens (tertiary/aromatic N) is 2. The molecule has 1 aliphatic rings. The van der Waals surface area contributed by atoms with Crippen molar-refractivity contribution < 1.29 is 13.9 Å². The SMILES string of the molecule is NC(=O)c1cc([C@@H]2CCCN(CCOc3cccc(F)c3)C2)[nH]n1. The highest BCUT2D eigenvalue weighted by Gasteiger charge is 2.23. The second-order valence-corrected chi connectivity index (χ2v) is 6.02. The summed E-state index contributed by atoms with van der Waals surface area (Å²) in [4.78, 5) is 13.5. The standard InChI is InChI=1S/C17H21FN4O2/c18-13-4-1-5-14(9-13)24-8-7-22-6-2-3-12(11-22)15-10-16(17(19)23)21-20-15/h1,4-5,9-10,12H,2-3,6-8,11H2,(H2,19,23)(H,20,21)/t12-/m1/s1. The van der Waals surface area contributed by atoms with Crippen molar-refractivity contribution in [2.75, 3.05) is 26.2 Å². The topological polar surface area (TPSA) is 84.2 Å². The van der Waals surface area contributed by atoms with Crippen molar-refractivity contribution in [3.8, 4) is 5.75 Å². The van der Waals surface area contributed by atoms with E-state index in [1.807, 2.05) is 0 Å². The van der Waals surface area contributed by atoms with Crippen LogP contribution in [0, 0.1) is 5.82 Å². The van der Waals surface area contributed by atoms with E-state index in [4.69, 9.17) is 10.5 Å². The van der Waals surface area contributed by atoms with Gasteiger partial charge in [0.05, 0.1) is 0 Å². The van der Waals surface area contributed by atoms with Crippen molar-refractivity contribution >= 4 is 5.91 Å². The maximum absolute atomic E-state index is 13.1. The summed E-state index contributed by atoms with van der Waals surface area (Å²) in [7, 11) is 0. The smallest absolute Gasteiger partial charge is 0.269 e. The molecule has 3 rings (SSSR count). The Morgan fingerprint density at radius 3 is 3.08 bits per heavy atom. The van der Waals surface area contributed by atoms with Gasteiger partial charge < -0.3 is 10.5 Å². The highest BCUT2D eigenvalue weighted by molar-refractivity contribution is 5.90. The first-order valence-corrected chi connectivity index (χ1v) is 8.07. The van der Waals surface area contributed by atoms with E-state index in [0.29, 0.717) is 18.3 Å². The Balaban J connectivity index is 1.50. The van der Waals surface area contributed by atoms with E-state index in [1.54, 1.807) is 18.2 Å². The molecule has 1 aliphatic heterocycles. The number of ether oxygens (including phenoxy) is 1. The number of piperidine rings is 1. The van der Waals surface area contributed by atoms with Gasteiger partial charge in [-0.25, -0.2) is 4.39 Å². The van der Waals surface area contributed by atoms with E-state index in [0.717, 1.165) is 38.2 Å². The van der Waals surface area contributed by atoms with Crippen LogP contribution in [0.4, 0.5) is 4.39 Å². The van der Waals surface area contributed by atoms with Crippen molar-refractivity contribution in [1.82, 2.24) is 15.1 Å². The molecule has 1 aromatic carbocycles. The van der Waals surface area contributed by atoms with E-state index in [2.05, 4.69) is 15.1 Å². The molecule has 0 radical (unpaired) electrons. The monoisotopic (exact) mass is 332 g/mol. The lowest BCUT2D eigenvalue weighted by Gasteiger charge is -2.32. The minimum absolute atomic E-state index is 0.275. The van der Waals surface area contributed by atoms with E-state index in [9.17, 15) is 9.18 Å². The number of rotatable bonds is 6. The predicted molar refractivity (Wildman–Crippen MR) is 87.4 cm³/mol. The molecule has 128 valence electrons. The number of carbonyl (C=O) groups excluding carboxylic acids is 1. The molecule has 2 heterocycles. The molecule has 2 aromatic rings. The number of amides is 1. The Bertz CT molecular complexity index is 703. The molecule has 0 aliphatic carbocycles. The first kappa shape index (κ1) is 16.4. The molecular formula is C17H21FN4O2. The summed E-state index contributed by atoms with van der Waals surface area (Å²) in [6, 6.07) is 7.90. The fourth-order valence-electron chi connectivity index (χ4n) is 3.03. The Morgan fingerprint density at radius 2 is 2.33 bits per heavy atom. The first-order valence-electron chi connectivity index (χ1n) is 8.07. The molecule has 1 fully saturated rings. The van der Waals surface area contributed by atoms with Crippen LogP contribution in [0.3, 0.4) is 0 Å². The normalized spacial score (nSPS) is 18.5. The molecule has 1 atom stereocenters. The van der Waals surface area contributed by atoms with Crippen LogP contribution in [-0.4, -0.2) is 47.2 Å². The molecule has 24 heavy (non-hydrogen) atoms. The molecule has 0 bridgehead atoms. The zero-order valence-electron chi connectivity index (χ0n) is 13.4. The van der Waals surface area contributed by atoms with Gasteiger partial charge in [-0.1, -0.05) is 6.07 Å². The molecule has 6 nitrogen and oxygen atoms in total. The van der Waals surface area contributed by atoms with Crippen molar-refractivity contribution in [2.45, 2.75) is 18.8 Å². The highest BCUT2D eigenvalue weighted by atomic mass is 19.1. The fourth-order valence-corrected chi connectivity index (χ4v) is 3.03. The summed E-state index contributed by atoms with van der Waals surface area (Å²) in [5.74, 6) is 0.0282. The Hall–Kier alpha value is -2.41. The van der Waals surface area contributed by atoms with Crippen molar-refractivity contribution in [2.24, 2.45) is 5.73 Å². The molecule has 3 N–H and O–H groups in total. The first-order chi connectivity index (χ1) is 11.6. The molecule has 7 heteroatoms. The third-order valence-corrected chi connectivity index (χ3v) is 4.27. The quantitative estimate of drug-likeness (QED) is 0.846. The van der Waals surface area contributed by atoms with E-state index >= 15 is 0 Å². The Kier molecular flexibility index (Phi) is 5.10. The summed E-state index contributed by atoms with van der Waals surface area (Å²) in [5.41, 5.74) is 6.46. The number of halogens is 1. The number of H-pyrrole nitrogens is 1. The third kappa shape index (κ3) is 4.11. The van der Waals surface area contributed by atoms with E-state index in [-0.39, 0.29) is 11.5 Å². The fraction of sp³-hybridized carbons (Fsp3) is 0.412. The second-order valence-electron chi connectivity index (χ2n) is 6.02. The molecule has 0 saturated carbocycles. The van der Waals surface area contributed by atoms with Gasteiger partial charge in [0.15, 0.2) is 0 Å². The van der Waals surface area contributed by atoms with Gasteiger partial charge in [0, 0.05) is 30.8 Å². The van der Waals surface area contributed by atoms with Gasteiger partial charge in [-0.15, -0.1) is 0 Å². The molecule has 0 spiro atoms. The van der Waals surface area contributed by atoms with Gasteiger partial charge in [0.2, 0.25) is 0 Å². The minimum atomic E-state index is -0.520. The van der Waals surface area contributed by atoms with Crippen LogP contribution in [0.2, 0.25) is 0 Å².